The van der Waals surface area contributed by atoms with Gasteiger partial charge in [-0.05, 0) is 55.8 Å². The highest BCUT2D eigenvalue weighted by Crippen LogP contribution is 2.34. The first kappa shape index (κ1) is 24.7. The van der Waals surface area contributed by atoms with Crippen LogP contribution in [0.1, 0.15) is 46.5 Å². The predicted molar refractivity (Wildman–Crippen MR) is 137 cm³/mol. The summed E-state index contributed by atoms with van der Waals surface area (Å²) < 4.78 is 6.40. The Kier molecular flexibility index (Phi) is 8.00. The molecule has 3 aromatic rings. The van der Waals surface area contributed by atoms with Crippen LogP contribution in [-0.4, -0.2) is 46.9 Å². The van der Waals surface area contributed by atoms with Crippen molar-refractivity contribution >= 4 is 29.1 Å². The van der Waals surface area contributed by atoms with E-state index in [1.165, 1.54) is 0 Å². The fourth-order valence-electron chi connectivity index (χ4n) is 4.01. The van der Waals surface area contributed by atoms with Crippen molar-refractivity contribution < 1.29 is 14.3 Å². The number of carbonyl (C=O) groups excluding carboxylic acids is 2. The van der Waals surface area contributed by atoms with Gasteiger partial charge in [0.15, 0.2) is 5.75 Å². The number of hydrogen-bond acceptors (Lipinski definition) is 5. The van der Waals surface area contributed by atoms with Crippen molar-refractivity contribution in [1.29, 1.82) is 0 Å². The first-order valence-corrected chi connectivity index (χ1v) is 12.1. The Labute approximate surface area is 210 Å². The van der Waals surface area contributed by atoms with Gasteiger partial charge in [-0.25, -0.2) is 0 Å². The van der Waals surface area contributed by atoms with Gasteiger partial charge < -0.3 is 20.3 Å². The number of aromatic nitrogens is 1. The fraction of sp³-hybridized carbons (Fsp3) is 0.296. The molecule has 0 aliphatic carbocycles. The van der Waals surface area contributed by atoms with Crippen LogP contribution in [0.4, 0.5) is 5.69 Å². The van der Waals surface area contributed by atoms with Crippen LogP contribution in [0.15, 0.2) is 67.0 Å². The van der Waals surface area contributed by atoms with Gasteiger partial charge in [0.2, 0.25) is 0 Å². The molecule has 8 heteroatoms. The first-order chi connectivity index (χ1) is 16.9. The zero-order valence-corrected chi connectivity index (χ0v) is 20.6. The normalized spacial score (nSPS) is 15.7. The zero-order valence-electron chi connectivity index (χ0n) is 19.8. The van der Waals surface area contributed by atoms with Crippen LogP contribution in [0.25, 0.3) is 0 Å². The molecule has 0 saturated carbocycles. The summed E-state index contributed by atoms with van der Waals surface area (Å²) in [6.45, 7) is 5.83. The van der Waals surface area contributed by atoms with Gasteiger partial charge >= 0.3 is 0 Å². The number of benzene rings is 2. The van der Waals surface area contributed by atoms with Crippen LogP contribution in [0.3, 0.4) is 0 Å². The summed E-state index contributed by atoms with van der Waals surface area (Å²) in [5, 5.41) is 7.06. The molecule has 0 radical (unpaired) electrons. The molecule has 0 bridgehead atoms. The van der Waals surface area contributed by atoms with Gasteiger partial charge in [-0.15, -0.1) is 0 Å². The highest BCUT2D eigenvalue weighted by atomic mass is 35.5. The average Bonchev–Trinajstić information content (AvgIpc) is 2.85. The summed E-state index contributed by atoms with van der Waals surface area (Å²) in [5.41, 5.74) is 2.49. The summed E-state index contributed by atoms with van der Waals surface area (Å²) in [4.78, 5) is 32.0. The Morgan fingerprint density at radius 2 is 1.89 bits per heavy atom. The van der Waals surface area contributed by atoms with E-state index in [9.17, 15) is 9.59 Å². The number of pyridine rings is 1. The number of nitrogens with one attached hydrogen (secondary N) is 2. The predicted octanol–water partition coefficient (Wildman–Crippen LogP) is 4.78. The third-order valence-electron chi connectivity index (χ3n) is 5.91. The largest absolute Gasteiger partial charge is 0.486 e. The molecule has 0 saturated heterocycles. The van der Waals surface area contributed by atoms with Crippen LogP contribution in [-0.2, 0) is 6.54 Å². The van der Waals surface area contributed by atoms with Crippen LogP contribution < -0.4 is 15.4 Å². The lowest BCUT2D eigenvalue weighted by atomic mass is 10.1. The topological polar surface area (TPSA) is 83.6 Å². The number of fused-ring (bicyclic) bond motifs is 1. The molecule has 0 fully saturated rings. The minimum atomic E-state index is -0.294. The van der Waals surface area contributed by atoms with Crippen LogP contribution in [0, 0.1) is 0 Å². The summed E-state index contributed by atoms with van der Waals surface area (Å²) in [6, 6.07) is 16.3. The van der Waals surface area contributed by atoms with E-state index in [0.717, 1.165) is 5.56 Å². The third-order valence-corrected chi connectivity index (χ3v) is 6.16. The number of hydrogen-bond donors (Lipinski definition) is 2. The maximum atomic E-state index is 13.4. The quantitative estimate of drug-likeness (QED) is 0.496. The second-order valence-electron chi connectivity index (χ2n) is 8.75. The molecule has 1 aliphatic heterocycles. The number of para-hydroxylation sites is 1. The Morgan fingerprint density at radius 3 is 2.60 bits per heavy atom. The molecule has 0 unspecified atom stereocenters. The van der Waals surface area contributed by atoms with E-state index in [1.54, 1.807) is 42.7 Å². The molecule has 4 rings (SSSR count). The molecular weight excluding hydrogens is 464 g/mol. The van der Waals surface area contributed by atoms with Gasteiger partial charge in [0.25, 0.3) is 11.8 Å². The summed E-state index contributed by atoms with van der Waals surface area (Å²) in [5.74, 6) is -0.0110. The molecule has 1 aromatic heterocycles. The Morgan fingerprint density at radius 1 is 1.14 bits per heavy atom. The van der Waals surface area contributed by atoms with Crippen molar-refractivity contribution in [3.8, 4) is 5.75 Å². The molecule has 35 heavy (non-hydrogen) atoms. The zero-order chi connectivity index (χ0) is 24.8. The van der Waals surface area contributed by atoms with Crippen LogP contribution in [0.5, 0.6) is 5.75 Å². The van der Waals surface area contributed by atoms with E-state index in [2.05, 4.69) is 15.6 Å². The van der Waals surface area contributed by atoms with E-state index in [1.807, 2.05) is 43.0 Å². The van der Waals surface area contributed by atoms with Crippen molar-refractivity contribution in [3.05, 3.63) is 88.7 Å². The van der Waals surface area contributed by atoms with Crippen LogP contribution in [0.2, 0.25) is 5.02 Å². The molecule has 1 atom stereocenters. The van der Waals surface area contributed by atoms with Crippen LogP contribution >= 0.6 is 11.6 Å². The first-order valence-electron chi connectivity index (χ1n) is 11.7. The standard InChI is InChI=1S/C27H29ClN4O3/c1-18(2)32-15-12-22(17-30-16-19-6-8-21(28)9-7-19)35-25-23(27(32)34)4-3-5-24(25)31-26(33)20-10-13-29-14-11-20/h3-11,13-14,18,22,30H,12,15-17H2,1-2H3,(H,31,33)/t22-/m1/s1. The Bertz CT molecular complexity index is 1170. The van der Waals surface area contributed by atoms with Gasteiger partial charge in [-0.1, -0.05) is 29.8 Å². The molecular formula is C27H29ClN4O3. The lowest BCUT2D eigenvalue weighted by Crippen LogP contribution is -2.43. The summed E-state index contributed by atoms with van der Waals surface area (Å²) in [7, 11) is 0. The molecule has 2 N–H and O–H groups in total. The van der Waals surface area contributed by atoms with Crippen molar-refractivity contribution in [1.82, 2.24) is 15.2 Å². The van der Waals surface area contributed by atoms with Crippen molar-refractivity contribution in [3.63, 3.8) is 0 Å². The number of nitrogens with zero attached hydrogens (tertiary/aromatic N) is 2. The van der Waals surface area contributed by atoms with E-state index in [4.69, 9.17) is 16.3 Å². The SMILES string of the molecule is CC(C)N1CC[C@H](CNCc2ccc(Cl)cc2)Oc2c(NC(=O)c3ccncc3)cccc2C1=O. The van der Waals surface area contributed by atoms with Crippen molar-refractivity contribution in [2.75, 3.05) is 18.4 Å². The van der Waals surface area contributed by atoms with Gasteiger partial charge in [-0.2, -0.15) is 0 Å². The third kappa shape index (κ3) is 6.18. The minimum Gasteiger partial charge on any atom is -0.486 e. The van der Waals surface area contributed by atoms with Gasteiger partial charge in [-0.3, -0.25) is 14.6 Å². The molecule has 0 spiro atoms. The number of halogens is 1. The van der Waals surface area contributed by atoms with Gasteiger partial charge in [0.1, 0.15) is 6.10 Å². The summed E-state index contributed by atoms with van der Waals surface area (Å²) in [6.07, 6.45) is 3.58. The molecule has 7 nitrogen and oxygen atoms in total. The monoisotopic (exact) mass is 492 g/mol. The van der Waals surface area contributed by atoms with E-state index < -0.39 is 0 Å². The molecule has 2 aromatic carbocycles. The lowest BCUT2D eigenvalue weighted by molar-refractivity contribution is 0.0628. The number of amides is 2. The lowest BCUT2D eigenvalue weighted by Gasteiger charge is -2.33. The highest BCUT2D eigenvalue weighted by molar-refractivity contribution is 6.30. The smallest absolute Gasteiger partial charge is 0.257 e. The minimum absolute atomic E-state index is 0.0335. The van der Waals surface area contributed by atoms with E-state index in [0.29, 0.717) is 53.6 Å². The van der Waals surface area contributed by atoms with Gasteiger partial charge in [0, 0.05) is 55.1 Å². The number of anilines is 1. The maximum Gasteiger partial charge on any atom is 0.257 e. The number of rotatable bonds is 7. The highest BCUT2D eigenvalue weighted by Gasteiger charge is 2.29. The second kappa shape index (κ2) is 11.3. The van der Waals surface area contributed by atoms with Crippen molar-refractivity contribution in [2.45, 2.75) is 39.0 Å². The molecule has 182 valence electrons. The molecule has 2 amide bonds. The number of ether oxygens (including phenoxy) is 1. The molecule has 2 heterocycles. The Hall–Kier alpha value is -3.42. The maximum absolute atomic E-state index is 13.4. The average molecular weight is 493 g/mol. The molecule has 1 aliphatic rings. The van der Waals surface area contributed by atoms with Crippen molar-refractivity contribution in [2.24, 2.45) is 0 Å². The van der Waals surface area contributed by atoms with E-state index >= 15 is 0 Å². The second-order valence-corrected chi connectivity index (χ2v) is 9.19. The number of carbonyl (C=O) groups is 2. The fourth-order valence-corrected chi connectivity index (χ4v) is 4.14. The van der Waals surface area contributed by atoms with Gasteiger partial charge in [0.05, 0.1) is 11.3 Å². The summed E-state index contributed by atoms with van der Waals surface area (Å²) >= 11 is 5.98. The Balaban J connectivity index is 1.57. The van der Waals surface area contributed by atoms with E-state index in [-0.39, 0.29) is 24.0 Å².